The van der Waals surface area contributed by atoms with Crippen molar-refractivity contribution in [1.82, 2.24) is 32.8 Å². The maximum absolute atomic E-state index is 5.58. The quantitative estimate of drug-likeness (QED) is 0.145. The lowest BCUT2D eigenvalue weighted by molar-refractivity contribution is 1.01. The van der Waals surface area contributed by atoms with Crippen LogP contribution in [0.25, 0.3) is 193 Å². The lowest BCUT2D eigenvalue weighted by Gasteiger charge is -2.13. The van der Waals surface area contributed by atoms with Crippen molar-refractivity contribution >= 4 is 120 Å². The van der Waals surface area contributed by atoms with Gasteiger partial charge in [-0.2, -0.15) is 0 Å². The number of nitrogens with zero attached hydrogens (tertiary/aromatic N) is 7. The average molecular weight is 1260 g/mol. The second kappa shape index (κ2) is 21.6. The van der Waals surface area contributed by atoms with Crippen LogP contribution in [0.4, 0.5) is 0 Å². The van der Waals surface area contributed by atoms with Gasteiger partial charge in [-0.05, 0) is 185 Å². The van der Waals surface area contributed by atoms with Gasteiger partial charge in [0.1, 0.15) is 0 Å². The fourth-order valence-electron chi connectivity index (χ4n) is 16.2. The fraction of sp³-hybridized carbons (Fsp3) is 0. The van der Waals surface area contributed by atoms with Crippen LogP contribution in [0.1, 0.15) is 0 Å². The molecule has 0 atom stereocenters. The van der Waals surface area contributed by atoms with Gasteiger partial charge >= 0.3 is 0 Å². The zero-order chi connectivity index (χ0) is 64.8. The van der Waals surface area contributed by atoms with E-state index in [-0.39, 0.29) is 0 Å². The molecule has 7 nitrogen and oxygen atoms in total. The van der Waals surface area contributed by atoms with Crippen LogP contribution in [-0.2, 0) is 0 Å². The van der Waals surface area contributed by atoms with Gasteiger partial charge in [0.2, 0.25) is 5.95 Å². The molecule has 6 aromatic heterocycles. The number of aromatic nitrogens is 7. The van der Waals surface area contributed by atoms with Crippen molar-refractivity contribution in [1.29, 1.82) is 0 Å². The molecule has 6 heterocycles. The Labute approximate surface area is 568 Å². The van der Waals surface area contributed by atoms with Gasteiger partial charge in [0.25, 0.3) is 0 Å². The Morgan fingerprint density at radius 3 is 0.747 bits per heavy atom. The van der Waals surface area contributed by atoms with Crippen LogP contribution in [0.2, 0.25) is 0 Å². The second-order valence-electron chi connectivity index (χ2n) is 26.1. The first-order valence-corrected chi connectivity index (χ1v) is 33.9. The summed E-state index contributed by atoms with van der Waals surface area (Å²) in [5.41, 5.74) is 25.8. The summed E-state index contributed by atoms with van der Waals surface area (Å²) in [5, 5.41) is 13.0. The van der Waals surface area contributed by atoms with Crippen molar-refractivity contribution in [2.24, 2.45) is 0 Å². The van der Waals surface area contributed by atoms with Gasteiger partial charge in [-0.25, -0.2) is 9.97 Å². The average Bonchev–Trinajstić information content (AvgIpc) is 1.61. The van der Waals surface area contributed by atoms with Gasteiger partial charge in [-0.3, -0.25) is 4.57 Å². The minimum Gasteiger partial charge on any atom is -0.309 e. The standard InChI is InChI=1S/C92H57N7/c1-4-20-65(21-5-1)95-81-32-16-11-26-69(81)74-52-59(38-46-85(74)95)60-40-48-87-76(53-60)71-28-13-18-34-83(71)98(87)68-44-36-58(37-45-68)91-73-30-10-15-31-80(73)93-92(94-91)99-84-35-19-14-29-72(84)77-55-62(43-51-90(77)99)64-42-50-89-79(57-64)78-56-63(41-49-88(78)97(89)67-24-8-3-9-25-67)61-39-47-86-75(54-61)70-27-12-17-33-82(70)96(86)66-22-6-2-7-23-66/h1-57H. The lowest BCUT2D eigenvalue weighted by atomic mass is 9.98. The normalized spacial score (nSPS) is 12.0. The second-order valence-corrected chi connectivity index (χ2v) is 26.1. The van der Waals surface area contributed by atoms with E-state index >= 15 is 0 Å². The minimum absolute atomic E-state index is 0.623. The first-order chi connectivity index (χ1) is 49.1. The molecule has 0 radical (unpaired) electrons. The van der Waals surface area contributed by atoms with Gasteiger partial charge in [-0.1, -0.05) is 194 Å². The number of hydrogen-bond donors (Lipinski definition) is 0. The van der Waals surface area contributed by atoms with Crippen molar-refractivity contribution in [2.45, 2.75) is 0 Å². The Morgan fingerprint density at radius 2 is 0.404 bits per heavy atom. The first kappa shape index (κ1) is 55.0. The molecule has 99 heavy (non-hydrogen) atoms. The van der Waals surface area contributed by atoms with Crippen LogP contribution in [0, 0.1) is 0 Å². The molecule has 21 aromatic rings. The molecule has 0 saturated heterocycles. The molecule has 460 valence electrons. The van der Waals surface area contributed by atoms with E-state index in [1.54, 1.807) is 0 Å². The number of para-hydroxylation sites is 8. The highest BCUT2D eigenvalue weighted by Gasteiger charge is 2.23. The molecule has 0 aliphatic carbocycles. The van der Waals surface area contributed by atoms with Crippen LogP contribution in [0.3, 0.4) is 0 Å². The molecule has 0 fully saturated rings. The predicted molar refractivity (Wildman–Crippen MR) is 413 cm³/mol. The Bertz CT molecular complexity index is 6890. The number of hydrogen-bond acceptors (Lipinski definition) is 2. The Hall–Kier alpha value is -13.4. The topological polar surface area (TPSA) is 50.4 Å². The van der Waals surface area contributed by atoms with E-state index in [9.17, 15) is 0 Å². The van der Waals surface area contributed by atoms with Crippen LogP contribution in [-0.4, -0.2) is 32.8 Å². The highest BCUT2D eigenvalue weighted by atomic mass is 15.2. The predicted octanol–water partition coefficient (Wildman–Crippen LogP) is 23.8. The number of rotatable bonds is 9. The zero-order valence-electron chi connectivity index (χ0n) is 53.5. The van der Waals surface area contributed by atoms with E-state index in [2.05, 4.69) is 369 Å². The van der Waals surface area contributed by atoms with E-state index < -0.39 is 0 Å². The molecule has 0 saturated carbocycles. The third-order valence-corrected chi connectivity index (χ3v) is 20.7. The molecule has 0 bridgehead atoms. The summed E-state index contributed by atoms with van der Waals surface area (Å²) in [5.74, 6) is 0.623. The van der Waals surface area contributed by atoms with Gasteiger partial charge in [0, 0.05) is 87.6 Å². The Balaban J connectivity index is 0.651. The van der Waals surface area contributed by atoms with Crippen LogP contribution >= 0.6 is 0 Å². The number of benzene rings is 15. The summed E-state index contributed by atoms with van der Waals surface area (Å²) in [6.45, 7) is 0. The van der Waals surface area contributed by atoms with Gasteiger partial charge in [-0.15, -0.1) is 0 Å². The van der Waals surface area contributed by atoms with Gasteiger partial charge < -0.3 is 18.3 Å². The van der Waals surface area contributed by atoms with Gasteiger partial charge in [0.15, 0.2) is 0 Å². The van der Waals surface area contributed by atoms with Gasteiger partial charge in [0.05, 0.1) is 66.4 Å². The summed E-state index contributed by atoms with van der Waals surface area (Å²) in [7, 11) is 0. The SMILES string of the molecule is c1ccc(-n2c3ccccc3c3cc(-c4ccc5c(c4)c4ccccc4n5-c4ccc(-c5nc(-n6c7ccccc7c7cc(-c8ccc9c(c8)c8cc(-c%10ccc%11c(c%10)c%10ccccc%10n%11-c%10ccccc%10)ccc8n9-c8ccccc8)ccc76)nc6ccccc56)cc4)ccc32)cc1. The summed E-state index contributed by atoms with van der Waals surface area (Å²) in [6, 6.07) is 126. The van der Waals surface area contributed by atoms with Crippen molar-refractivity contribution in [3.63, 3.8) is 0 Å². The van der Waals surface area contributed by atoms with E-state index in [1.807, 2.05) is 0 Å². The summed E-state index contributed by atoms with van der Waals surface area (Å²) in [6.07, 6.45) is 0. The fourth-order valence-corrected chi connectivity index (χ4v) is 16.2. The molecular weight excluding hydrogens is 1200 g/mol. The molecule has 0 amide bonds. The van der Waals surface area contributed by atoms with Crippen molar-refractivity contribution < 1.29 is 0 Å². The monoisotopic (exact) mass is 1260 g/mol. The van der Waals surface area contributed by atoms with E-state index in [0.717, 1.165) is 99.9 Å². The van der Waals surface area contributed by atoms with Crippen molar-refractivity contribution in [3.05, 3.63) is 346 Å². The Kier molecular flexibility index (Phi) is 12.0. The van der Waals surface area contributed by atoms with Crippen LogP contribution in [0.15, 0.2) is 346 Å². The van der Waals surface area contributed by atoms with Crippen molar-refractivity contribution in [2.75, 3.05) is 0 Å². The maximum Gasteiger partial charge on any atom is 0.235 e. The third-order valence-electron chi connectivity index (χ3n) is 20.7. The maximum atomic E-state index is 5.58. The Morgan fingerprint density at radius 1 is 0.162 bits per heavy atom. The van der Waals surface area contributed by atoms with E-state index in [4.69, 9.17) is 9.97 Å². The van der Waals surface area contributed by atoms with Crippen LogP contribution < -0.4 is 0 Å². The third kappa shape index (κ3) is 8.44. The molecular formula is C92H57N7. The summed E-state index contributed by atoms with van der Waals surface area (Å²) < 4.78 is 11.8. The molecule has 0 aliphatic heterocycles. The molecule has 7 heteroatoms. The number of fused-ring (bicyclic) bond motifs is 16. The van der Waals surface area contributed by atoms with Crippen LogP contribution in [0.5, 0.6) is 0 Å². The highest BCUT2D eigenvalue weighted by Crippen LogP contribution is 2.44. The lowest BCUT2D eigenvalue weighted by Crippen LogP contribution is -2.03. The summed E-state index contributed by atoms with van der Waals surface area (Å²) in [4.78, 5) is 11.0. The van der Waals surface area contributed by atoms with Crippen molar-refractivity contribution in [3.8, 4) is 73.3 Å². The van der Waals surface area contributed by atoms with E-state index in [1.165, 1.54) is 87.4 Å². The molecule has 15 aromatic carbocycles. The first-order valence-electron chi connectivity index (χ1n) is 33.9. The highest BCUT2D eigenvalue weighted by molar-refractivity contribution is 6.16. The molecule has 21 rings (SSSR count). The minimum atomic E-state index is 0.623. The summed E-state index contributed by atoms with van der Waals surface area (Å²) >= 11 is 0. The molecule has 0 unspecified atom stereocenters. The largest absolute Gasteiger partial charge is 0.309 e. The molecule has 0 N–H and O–H groups in total. The molecule has 0 spiro atoms. The smallest absolute Gasteiger partial charge is 0.235 e. The van der Waals surface area contributed by atoms with E-state index in [0.29, 0.717) is 5.95 Å². The molecule has 0 aliphatic rings. The zero-order valence-corrected chi connectivity index (χ0v) is 53.5.